The number of hydrogen-bond donors (Lipinski definition) is 2. The SMILES string of the molecule is CCc1cc2c(cc1NC(=O)c1cnn3cccnc13)CN(CCC(C)(C)O)C2=O. The van der Waals surface area contributed by atoms with E-state index in [2.05, 4.69) is 15.4 Å². The van der Waals surface area contributed by atoms with Crippen LogP contribution in [0.15, 0.2) is 36.8 Å². The molecule has 3 heterocycles. The van der Waals surface area contributed by atoms with Gasteiger partial charge in [-0.1, -0.05) is 6.92 Å². The smallest absolute Gasteiger partial charge is 0.261 e. The van der Waals surface area contributed by atoms with Crippen molar-refractivity contribution in [3.05, 3.63) is 59.0 Å². The third kappa shape index (κ3) is 3.78. The number of rotatable bonds is 6. The largest absolute Gasteiger partial charge is 0.390 e. The Morgan fingerprint density at radius 2 is 2.13 bits per heavy atom. The summed E-state index contributed by atoms with van der Waals surface area (Å²) in [5, 5.41) is 17.1. The van der Waals surface area contributed by atoms with Gasteiger partial charge in [-0.25, -0.2) is 9.50 Å². The first-order chi connectivity index (χ1) is 14.3. The van der Waals surface area contributed by atoms with Crippen molar-refractivity contribution < 1.29 is 14.7 Å². The highest BCUT2D eigenvalue weighted by molar-refractivity contribution is 6.09. The van der Waals surface area contributed by atoms with Gasteiger partial charge >= 0.3 is 0 Å². The molecule has 0 atom stereocenters. The van der Waals surface area contributed by atoms with Crippen LogP contribution in [0.1, 0.15) is 59.0 Å². The zero-order chi connectivity index (χ0) is 21.5. The maximum absolute atomic E-state index is 12.9. The predicted octanol–water partition coefficient (Wildman–Crippen LogP) is 2.66. The van der Waals surface area contributed by atoms with Crippen LogP contribution in [0.25, 0.3) is 5.65 Å². The van der Waals surface area contributed by atoms with E-state index in [1.54, 1.807) is 41.7 Å². The second-order valence-corrected chi connectivity index (χ2v) is 8.21. The van der Waals surface area contributed by atoms with Gasteiger partial charge in [0.05, 0.1) is 11.8 Å². The number of hydrogen-bond acceptors (Lipinski definition) is 5. The van der Waals surface area contributed by atoms with Gasteiger partial charge in [0.25, 0.3) is 11.8 Å². The van der Waals surface area contributed by atoms with Crippen LogP contribution in [0.5, 0.6) is 0 Å². The fourth-order valence-electron chi connectivity index (χ4n) is 3.64. The molecule has 3 aromatic rings. The van der Waals surface area contributed by atoms with E-state index in [4.69, 9.17) is 0 Å². The summed E-state index contributed by atoms with van der Waals surface area (Å²) < 4.78 is 1.55. The number of benzene rings is 1. The van der Waals surface area contributed by atoms with Gasteiger partial charge in [-0.05, 0) is 56.0 Å². The van der Waals surface area contributed by atoms with Crippen LogP contribution in [0, 0.1) is 0 Å². The van der Waals surface area contributed by atoms with E-state index in [0.29, 0.717) is 48.4 Å². The molecule has 0 saturated carbocycles. The molecule has 0 saturated heterocycles. The van der Waals surface area contributed by atoms with Crippen molar-refractivity contribution in [3.63, 3.8) is 0 Å². The molecule has 8 nitrogen and oxygen atoms in total. The van der Waals surface area contributed by atoms with E-state index in [1.807, 2.05) is 19.1 Å². The highest BCUT2D eigenvalue weighted by atomic mass is 16.3. The lowest BCUT2D eigenvalue weighted by atomic mass is 10.0. The summed E-state index contributed by atoms with van der Waals surface area (Å²) in [6, 6.07) is 5.50. The minimum atomic E-state index is -0.828. The number of fused-ring (bicyclic) bond motifs is 2. The molecule has 30 heavy (non-hydrogen) atoms. The van der Waals surface area contributed by atoms with E-state index in [9.17, 15) is 14.7 Å². The minimum Gasteiger partial charge on any atom is -0.390 e. The number of nitrogens with one attached hydrogen (secondary N) is 1. The Kier molecular flexibility index (Phi) is 5.03. The summed E-state index contributed by atoms with van der Waals surface area (Å²) in [7, 11) is 0. The maximum Gasteiger partial charge on any atom is 0.261 e. The number of carbonyl (C=O) groups excluding carboxylic acids is 2. The first kappa shape index (κ1) is 20.0. The van der Waals surface area contributed by atoms with Crippen LogP contribution >= 0.6 is 0 Å². The maximum atomic E-state index is 12.9. The molecule has 0 bridgehead atoms. The Bertz CT molecular complexity index is 1130. The number of anilines is 1. The Hall–Kier alpha value is -3.26. The van der Waals surface area contributed by atoms with Crippen molar-refractivity contribution in [1.29, 1.82) is 0 Å². The van der Waals surface area contributed by atoms with E-state index in [0.717, 1.165) is 11.1 Å². The number of nitrogens with zero attached hydrogens (tertiary/aromatic N) is 4. The molecule has 1 aliphatic heterocycles. The van der Waals surface area contributed by atoms with E-state index < -0.39 is 5.60 Å². The first-order valence-electron chi connectivity index (χ1n) is 10.0. The Labute approximate surface area is 174 Å². The van der Waals surface area contributed by atoms with Gasteiger partial charge in [0.15, 0.2) is 5.65 Å². The Morgan fingerprint density at radius 3 is 2.87 bits per heavy atom. The quantitative estimate of drug-likeness (QED) is 0.654. The van der Waals surface area contributed by atoms with Gasteiger partial charge in [0.1, 0.15) is 5.56 Å². The molecule has 4 rings (SSSR count). The van der Waals surface area contributed by atoms with Crippen molar-refractivity contribution in [2.24, 2.45) is 0 Å². The van der Waals surface area contributed by atoms with Gasteiger partial charge in [-0.15, -0.1) is 0 Å². The summed E-state index contributed by atoms with van der Waals surface area (Å²) >= 11 is 0. The van der Waals surface area contributed by atoms with Gasteiger partial charge in [-0.2, -0.15) is 5.10 Å². The third-order valence-corrected chi connectivity index (χ3v) is 5.35. The van der Waals surface area contributed by atoms with Gasteiger partial charge in [0, 0.05) is 36.7 Å². The van der Waals surface area contributed by atoms with Crippen LogP contribution in [-0.2, 0) is 13.0 Å². The molecular weight excluding hydrogens is 382 g/mol. The predicted molar refractivity (Wildman–Crippen MR) is 112 cm³/mol. The lowest BCUT2D eigenvalue weighted by molar-refractivity contribution is 0.0517. The van der Waals surface area contributed by atoms with Crippen LogP contribution in [0.4, 0.5) is 5.69 Å². The van der Waals surface area contributed by atoms with E-state index >= 15 is 0 Å². The molecule has 156 valence electrons. The summed E-state index contributed by atoms with van der Waals surface area (Å²) in [6.07, 6.45) is 6.03. The minimum absolute atomic E-state index is 0.0337. The molecule has 1 aliphatic rings. The number of aromatic nitrogens is 3. The van der Waals surface area contributed by atoms with Crippen molar-refractivity contribution in [2.75, 3.05) is 11.9 Å². The third-order valence-electron chi connectivity index (χ3n) is 5.35. The Morgan fingerprint density at radius 1 is 1.33 bits per heavy atom. The highest BCUT2D eigenvalue weighted by Crippen LogP contribution is 2.30. The van der Waals surface area contributed by atoms with Crippen molar-refractivity contribution in [1.82, 2.24) is 19.5 Å². The van der Waals surface area contributed by atoms with Gasteiger partial charge < -0.3 is 15.3 Å². The highest BCUT2D eigenvalue weighted by Gasteiger charge is 2.30. The molecule has 0 radical (unpaired) electrons. The zero-order valence-electron chi connectivity index (χ0n) is 17.3. The molecule has 0 aliphatic carbocycles. The second-order valence-electron chi connectivity index (χ2n) is 8.21. The van der Waals surface area contributed by atoms with Gasteiger partial charge in [0.2, 0.25) is 0 Å². The lowest BCUT2D eigenvalue weighted by Gasteiger charge is -2.22. The number of aryl methyl sites for hydroxylation is 1. The van der Waals surface area contributed by atoms with Crippen molar-refractivity contribution in [3.8, 4) is 0 Å². The molecule has 1 aromatic carbocycles. The number of aliphatic hydroxyl groups is 1. The molecule has 0 unspecified atom stereocenters. The second kappa shape index (κ2) is 7.53. The summed E-state index contributed by atoms with van der Waals surface area (Å²) in [5.41, 5.74) is 3.17. The number of carbonyl (C=O) groups is 2. The summed E-state index contributed by atoms with van der Waals surface area (Å²) in [4.78, 5) is 31.6. The molecule has 2 N–H and O–H groups in total. The van der Waals surface area contributed by atoms with Crippen LogP contribution < -0.4 is 5.32 Å². The fourth-order valence-corrected chi connectivity index (χ4v) is 3.64. The lowest BCUT2D eigenvalue weighted by Crippen LogP contribution is -2.31. The normalized spacial score (nSPS) is 13.7. The summed E-state index contributed by atoms with van der Waals surface area (Å²) in [6.45, 7) is 6.40. The van der Waals surface area contributed by atoms with Crippen molar-refractivity contribution >= 4 is 23.1 Å². The van der Waals surface area contributed by atoms with E-state index in [1.165, 1.54) is 6.20 Å². The zero-order valence-corrected chi connectivity index (χ0v) is 17.3. The Balaban J connectivity index is 1.59. The van der Waals surface area contributed by atoms with Crippen molar-refractivity contribution in [2.45, 2.75) is 45.8 Å². The van der Waals surface area contributed by atoms with Crippen LogP contribution in [-0.4, -0.2) is 48.6 Å². The molecule has 8 heteroatoms. The molecular formula is C22H25N5O3. The monoisotopic (exact) mass is 407 g/mol. The fraction of sp³-hybridized carbons (Fsp3) is 0.364. The average Bonchev–Trinajstić information content (AvgIpc) is 3.26. The van der Waals surface area contributed by atoms with Crippen LogP contribution in [0.3, 0.4) is 0 Å². The van der Waals surface area contributed by atoms with E-state index in [-0.39, 0.29) is 11.8 Å². The molecule has 0 spiro atoms. The molecule has 2 amide bonds. The number of amides is 2. The van der Waals surface area contributed by atoms with Crippen LogP contribution in [0.2, 0.25) is 0 Å². The topological polar surface area (TPSA) is 99.8 Å². The standard InChI is InChI=1S/C22H25N5O3/c1-4-14-10-16-15(13-26(21(16)29)9-6-22(2,3)30)11-18(14)25-20(28)17-12-24-27-8-5-7-23-19(17)27/h5,7-8,10-12,30H,4,6,9,13H2,1-3H3,(H,25,28). The average molecular weight is 407 g/mol. The van der Waals surface area contributed by atoms with Gasteiger partial charge in [-0.3, -0.25) is 9.59 Å². The first-order valence-corrected chi connectivity index (χ1v) is 10.0. The summed E-state index contributed by atoms with van der Waals surface area (Å²) in [5.74, 6) is -0.324. The molecule has 2 aromatic heterocycles. The molecule has 0 fully saturated rings.